The first-order chi connectivity index (χ1) is 11.2. The predicted molar refractivity (Wildman–Crippen MR) is 88.6 cm³/mol. The summed E-state index contributed by atoms with van der Waals surface area (Å²) < 4.78 is 11.1. The zero-order valence-electron chi connectivity index (χ0n) is 13.2. The molecule has 1 aliphatic rings. The molecule has 1 N–H and O–H groups in total. The Morgan fingerprint density at radius 2 is 1.65 bits per heavy atom. The van der Waals surface area contributed by atoms with Gasteiger partial charge >= 0.3 is 5.97 Å². The quantitative estimate of drug-likeness (QED) is 0.881. The molecule has 0 unspecified atom stereocenters. The van der Waals surface area contributed by atoms with Crippen LogP contribution in [0.25, 0.3) is 0 Å². The maximum Gasteiger partial charge on any atom is 0.339 e. The lowest BCUT2D eigenvalue weighted by atomic mass is 9.84. The monoisotopic (exact) mass is 311 g/mol. The van der Waals surface area contributed by atoms with Gasteiger partial charge < -0.3 is 14.8 Å². The summed E-state index contributed by atoms with van der Waals surface area (Å²) in [7, 11) is 1.60. The van der Waals surface area contributed by atoms with E-state index < -0.39 is 5.60 Å². The van der Waals surface area contributed by atoms with Gasteiger partial charge in [-0.25, -0.2) is 4.79 Å². The zero-order chi connectivity index (χ0) is 16.1. The molecule has 0 amide bonds. The Hall–Kier alpha value is -2.33. The molecule has 3 rings (SSSR count). The summed E-state index contributed by atoms with van der Waals surface area (Å²) in [5.41, 5.74) is 1.05. The third kappa shape index (κ3) is 3.37. The Bertz CT molecular complexity index is 646. The van der Waals surface area contributed by atoms with Gasteiger partial charge in [0.2, 0.25) is 0 Å². The number of piperidine rings is 1. The van der Waals surface area contributed by atoms with E-state index in [2.05, 4.69) is 5.32 Å². The highest BCUT2D eigenvalue weighted by Crippen LogP contribution is 2.35. The third-order valence-corrected chi connectivity index (χ3v) is 4.32. The lowest BCUT2D eigenvalue weighted by Gasteiger charge is -2.37. The Kier molecular flexibility index (Phi) is 4.63. The molecule has 1 fully saturated rings. The molecule has 0 aromatic heterocycles. The number of benzene rings is 2. The number of carbonyl (C=O) groups excluding carboxylic acids is 1. The molecule has 0 atom stereocenters. The number of carbonyl (C=O) groups is 1. The largest absolute Gasteiger partial charge is 0.497 e. The second-order valence-corrected chi connectivity index (χ2v) is 5.73. The smallest absolute Gasteiger partial charge is 0.339 e. The van der Waals surface area contributed by atoms with Crippen LogP contribution in [-0.2, 0) is 10.3 Å². The molecule has 2 aromatic carbocycles. The molecule has 4 nitrogen and oxygen atoms in total. The fourth-order valence-corrected chi connectivity index (χ4v) is 2.99. The van der Waals surface area contributed by atoms with E-state index in [1.165, 1.54) is 0 Å². The van der Waals surface area contributed by atoms with Gasteiger partial charge in [-0.3, -0.25) is 0 Å². The second-order valence-electron chi connectivity index (χ2n) is 5.73. The maximum absolute atomic E-state index is 12.6. The minimum absolute atomic E-state index is 0.293. The summed E-state index contributed by atoms with van der Waals surface area (Å²) in [6.07, 6.45) is 1.55. The molecule has 1 heterocycles. The van der Waals surface area contributed by atoms with Gasteiger partial charge in [-0.15, -0.1) is 0 Å². The summed E-state index contributed by atoms with van der Waals surface area (Å²) in [5.74, 6) is 0.430. The molecule has 0 spiro atoms. The number of rotatable bonds is 4. The van der Waals surface area contributed by atoms with Crippen molar-refractivity contribution in [2.75, 3.05) is 20.2 Å². The molecule has 0 saturated carbocycles. The van der Waals surface area contributed by atoms with Crippen LogP contribution in [-0.4, -0.2) is 26.2 Å². The number of hydrogen-bond donors (Lipinski definition) is 1. The average molecular weight is 311 g/mol. The third-order valence-electron chi connectivity index (χ3n) is 4.32. The Balaban J connectivity index is 1.84. The van der Waals surface area contributed by atoms with Crippen molar-refractivity contribution in [2.24, 2.45) is 0 Å². The molecule has 4 heteroatoms. The number of methoxy groups -OCH3 is 1. The number of esters is 1. The highest BCUT2D eigenvalue weighted by Gasteiger charge is 2.37. The fraction of sp³-hybridized carbons (Fsp3) is 0.316. The van der Waals surface area contributed by atoms with Gasteiger partial charge in [0.25, 0.3) is 0 Å². The highest BCUT2D eigenvalue weighted by atomic mass is 16.6. The van der Waals surface area contributed by atoms with E-state index in [1.54, 1.807) is 31.4 Å². The van der Waals surface area contributed by atoms with Gasteiger partial charge in [0.05, 0.1) is 12.7 Å². The number of nitrogens with one attached hydrogen (secondary N) is 1. The van der Waals surface area contributed by atoms with Crippen LogP contribution >= 0.6 is 0 Å². The molecular formula is C19H21NO3. The first-order valence-electron chi connectivity index (χ1n) is 7.87. The van der Waals surface area contributed by atoms with Crippen LogP contribution in [0.1, 0.15) is 28.8 Å². The first-order valence-corrected chi connectivity index (χ1v) is 7.87. The molecule has 1 saturated heterocycles. The van der Waals surface area contributed by atoms with Crippen molar-refractivity contribution >= 4 is 5.97 Å². The number of ether oxygens (including phenoxy) is 2. The van der Waals surface area contributed by atoms with E-state index in [0.29, 0.717) is 5.56 Å². The fourth-order valence-electron chi connectivity index (χ4n) is 2.99. The van der Waals surface area contributed by atoms with E-state index in [-0.39, 0.29) is 5.97 Å². The molecular weight excluding hydrogens is 290 g/mol. The summed E-state index contributed by atoms with van der Waals surface area (Å²) in [4.78, 5) is 12.6. The SMILES string of the molecule is COc1ccc(C(=O)OC2(c3ccccc3)CCNCC2)cc1. The number of hydrogen-bond acceptors (Lipinski definition) is 4. The van der Waals surface area contributed by atoms with Gasteiger partial charge in [-0.1, -0.05) is 30.3 Å². The van der Waals surface area contributed by atoms with Crippen molar-refractivity contribution < 1.29 is 14.3 Å². The molecule has 120 valence electrons. The molecule has 0 bridgehead atoms. The van der Waals surface area contributed by atoms with Gasteiger partial charge in [0.1, 0.15) is 11.4 Å². The van der Waals surface area contributed by atoms with E-state index in [4.69, 9.17) is 9.47 Å². The van der Waals surface area contributed by atoms with Crippen LogP contribution in [0.5, 0.6) is 5.75 Å². The van der Waals surface area contributed by atoms with E-state index in [1.807, 2.05) is 30.3 Å². The van der Waals surface area contributed by atoms with Crippen molar-refractivity contribution in [3.63, 3.8) is 0 Å². The highest BCUT2D eigenvalue weighted by molar-refractivity contribution is 5.89. The van der Waals surface area contributed by atoms with Crippen LogP contribution in [0, 0.1) is 0 Å². The normalized spacial score (nSPS) is 16.6. The minimum Gasteiger partial charge on any atom is -0.497 e. The minimum atomic E-state index is -0.552. The van der Waals surface area contributed by atoms with Crippen molar-refractivity contribution in [1.82, 2.24) is 5.32 Å². The van der Waals surface area contributed by atoms with Crippen LogP contribution in [0.4, 0.5) is 0 Å². The Morgan fingerprint density at radius 3 is 2.26 bits per heavy atom. The van der Waals surface area contributed by atoms with Crippen LogP contribution in [0.2, 0.25) is 0 Å². The van der Waals surface area contributed by atoms with Crippen molar-refractivity contribution in [3.8, 4) is 5.75 Å². The lowest BCUT2D eigenvalue weighted by Crippen LogP contribution is -2.43. The summed E-state index contributed by atoms with van der Waals surface area (Å²) in [6, 6.07) is 17.0. The first kappa shape index (κ1) is 15.6. The average Bonchev–Trinajstić information content (AvgIpc) is 2.63. The van der Waals surface area contributed by atoms with E-state index in [0.717, 1.165) is 37.2 Å². The topological polar surface area (TPSA) is 47.6 Å². The predicted octanol–water partition coefficient (Wildman–Crippen LogP) is 3.13. The Labute approximate surface area is 136 Å². The van der Waals surface area contributed by atoms with Crippen LogP contribution < -0.4 is 10.1 Å². The second kappa shape index (κ2) is 6.84. The molecule has 1 aliphatic heterocycles. The summed E-state index contributed by atoms with van der Waals surface area (Å²) in [5, 5.41) is 3.33. The molecule has 23 heavy (non-hydrogen) atoms. The molecule has 2 aromatic rings. The van der Waals surface area contributed by atoms with Gasteiger partial charge in [-0.2, -0.15) is 0 Å². The van der Waals surface area contributed by atoms with E-state index >= 15 is 0 Å². The van der Waals surface area contributed by atoms with Crippen molar-refractivity contribution in [3.05, 3.63) is 65.7 Å². The lowest BCUT2D eigenvalue weighted by molar-refractivity contribution is -0.0378. The van der Waals surface area contributed by atoms with Crippen molar-refractivity contribution in [1.29, 1.82) is 0 Å². The van der Waals surface area contributed by atoms with Crippen LogP contribution in [0.15, 0.2) is 54.6 Å². The summed E-state index contributed by atoms with van der Waals surface area (Å²) >= 11 is 0. The van der Waals surface area contributed by atoms with Gasteiger partial charge in [0, 0.05) is 12.8 Å². The molecule has 0 aliphatic carbocycles. The van der Waals surface area contributed by atoms with Crippen molar-refractivity contribution in [2.45, 2.75) is 18.4 Å². The van der Waals surface area contributed by atoms with Gasteiger partial charge in [-0.05, 0) is 42.9 Å². The zero-order valence-corrected chi connectivity index (χ0v) is 13.2. The standard InChI is InChI=1S/C19H21NO3/c1-22-17-9-7-15(8-10-17)18(21)23-19(11-13-20-14-12-19)16-5-3-2-4-6-16/h2-10,20H,11-14H2,1H3. The van der Waals surface area contributed by atoms with Crippen LogP contribution in [0.3, 0.4) is 0 Å². The maximum atomic E-state index is 12.6. The molecule has 0 radical (unpaired) electrons. The van der Waals surface area contributed by atoms with E-state index in [9.17, 15) is 4.79 Å². The summed E-state index contributed by atoms with van der Waals surface area (Å²) in [6.45, 7) is 1.68. The Morgan fingerprint density at radius 1 is 1.00 bits per heavy atom. The van der Waals surface area contributed by atoms with Gasteiger partial charge in [0.15, 0.2) is 0 Å².